The highest BCUT2D eigenvalue weighted by atomic mass is 16.3. The summed E-state index contributed by atoms with van der Waals surface area (Å²) >= 11 is 0. The quantitative estimate of drug-likeness (QED) is 0.637. The number of aliphatic hydroxyl groups excluding tert-OH is 1. The highest BCUT2D eigenvalue weighted by molar-refractivity contribution is 5.84. The van der Waals surface area contributed by atoms with Crippen molar-refractivity contribution in [3.8, 4) is 11.1 Å². The molecule has 3 aromatic rings. The van der Waals surface area contributed by atoms with E-state index in [-0.39, 0.29) is 23.7 Å². The summed E-state index contributed by atoms with van der Waals surface area (Å²) in [6.07, 6.45) is 4.17. The number of nitrogens with two attached hydrogens (primary N) is 1. The van der Waals surface area contributed by atoms with E-state index < -0.39 is 0 Å². The van der Waals surface area contributed by atoms with Crippen molar-refractivity contribution in [3.63, 3.8) is 0 Å². The summed E-state index contributed by atoms with van der Waals surface area (Å²) in [5, 5.41) is 13.7. The van der Waals surface area contributed by atoms with Crippen molar-refractivity contribution in [1.82, 2.24) is 19.5 Å². The molecule has 4 N–H and O–H groups in total. The highest BCUT2D eigenvalue weighted by Gasteiger charge is 2.25. The Morgan fingerprint density at radius 3 is 2.61 bits per heavy atom. The van der Waals surface area contributed by atoms with Crippen molar-refractivity contribution in [2.75, 3.05) is 18.1 Å². The van der Waals surface area contributed by atoms with Gasteiger partial charge in [0.05, 0.1) is 11.8 Å². The van der Waals surface area contributed by atoms with E-state index in [1.807, 2.05) is 25.1 Å². The number of hydrogen-bond acceptors (Lipinski definition) is 7. The fourth-order valence-corrected chi connectivity index (χ4v) is 3.94. The van der Waals surface area contributed by atoms with E-state index in [9.17, 15) is 9.90 Å². The molecule has 28 heavy (non-hydrogen) atoms. The molecule has 0 radical (unpaired) electrons. The number of pyridine rings is 2. The summed E-state index contributed by atoms with van der Waals surface area (Å²) in [7, 11) is 1.80. The molecule has 8 nitrogen and oxygen atoms in total. The number of anilines is 2. The molecule has 0 unspecified atom stereocenters. The number of rotatable bonds is 3. The van der Waals surface area contributed by atoms with Gasteiger partial charge in [0.2, 0.25) is 5.95 Å². The highest BCUT2D eigenvalue weighted by Crippen LogP contribution is 2.31. The predicted octanol–water partition coefficient (Wildman–Crippen LogP) is 2.26. The van der Waals surface area contributed by atoms with Crippen LogP contribution in [-0.2, 0) is 0 Å². The molecule has 0 aromatic carbocycles. The maximum atomic E-state index is 13.5. The summed E-state index contributed by atoms with van der Waals surface area (Å²) < 4.78 is 1.74. The zero-order valence-electron chi connectivity index (χ0n) is 16.0. The third-order valence-corrected chi connectivity index (χ3v) is 5.46. The molecule has 0 bridgehead atoms. The lowest BCUT2D eigenvalue weighted by Gasteiger charge is -2.28. The lowest BCUT2D eigenvalue weighted by Crippen LogP contribution is -2.31. The minimum absolute atomic E-state index is 0.0309. The minimum Gasteiger partial charge on any atom is -0.393 e. The molecule has 0 amide bonds. The van der Waals surface area contributed by atoms with Crippen molar-refractivity contribution < 1.29 is 5.11 Å². The summed E-state index contributed by atoms with van der Waals surface area (Å²) in [4.78, 5) is 26.5. The molecule has 1 saturated carbocycles. The van der Waals surface area contributed by atoms with Crippen LogP contribution in [0.2, 0.25) is 0 Å². The molecule has 3 aromatic heterocycles. The van der Waals surface area contributed by atoms with Gasteiger partial charge in [0.15, 0.2) is 0 Å². The number of aryl methyl sites for hydroxylation is 1. The topological polar surface area (TPSA) is 119 Å². The number of aromatic nitrogens is 4. The van der Waals surface area contributed by atoms with Crippen molar-refractivity contribution in [1.29, 1.82) is 0 Å². The zero-order chi connectivity index (χ0) is 19.8. The van der Waals surface area contributed by atoms with Crippen molar-refractivity contribution in [3.05, 3.63) is 40.4 Å². The number of nitrogen functional groups attached to an aromatic ring is 1. The summed E-state index contributed by atoms with van der Waals surface area (Å²) in [5.41, 5.74) is 8.35. The monoisotopic (exact) mass is 380 g/mol. The third kappa shape index (κ3) is 3.20. The Hall–Kier alpha value is -3.00. The third-order valence-electron chi connectivity index (χ3n) is 5.46. The molecule has 0 spiro atoms. The molecule has 0 atom stereocenters. The van der Waals surface area contributed by atoms with Gasteiger partial charge in [-0.2, -0.15) is 4.98 Å². The molecule has 3 heterocycles. The number of hydrogen-bond donors (Lipinski definition) is 3. The van der Waals surface area contributed by atoms with E-state index >= 15 is 0 Å². The van der Waals surface area contributed by atoms with Crippen LogP contribution in [0.1, 0.15) is 37.4 Å². The van der Waals surface area contributed by atoms with E-state index in [4.69, 9.17) is 5.73 Å². The van der Waals surface area contributed by atoms with E-state index in [1.165, 1.54) is 0 Å². The van der Waals surface area contributed by atoms with Crippen LogP contribution in [0, 0.1) is 6.92 Å². The van der Waals surface area contributed by atoms with E-state index in [0.29, 0.717) is 24.1 Å². The van der Waals surface area contributed by atoms with Crippen molar-refractivity contribution in [2.45, 2.75) is 44.8 Å². The van der Waals surface area contributed by atoms with E-state index in [0.717, 1.165) is 35.3 Å². The number of nitrogens with one attached hydrogen (secondary N) is 1. The lowest BCUT2D eigenvalue weighted by atomic mass is 9.92. The fourth-order valence-electron chi connectivity index (χ4n) is 3.94. The second-order valence-electron chi connectivity index (χ2n) is 7.28. The van der Waals surface area contributed by atoms with Crippen LogP contribution in [0.15, 0.2) is 29.2 Å². The van der Waals surface area contributed by atoms with Gasteiger partial charge in [0, 0.05) is 35.8 Å². The first-order chi connectivity index (χ1) is 13.5. The average Bonchev–Trinajstić information content (AvgIpc) is 2.69. The molecule has 1 fully saturated rings. The predicted molar refractivity (Wildman–Crippen MR) is 109 cm³/mol. The van der Waals surface area contributed by atoms with Crippen LogP contribution in [0.5, 0.6) is 0 Å². The van der Waals surface area contributed by atoms with Crippen LogP contribution in [0.3, 0.4) is 0 Å². The number of aliphatic hydroxyl groups is 1. The van der Waals surface area contributed by atoms with Gasteiger partial charge in [-0.3, -0.25) is 9.36 Å². The Morgan fingerprint density at radius 1 is 1.21 bits per heavy atom. The SMILES string of the molecule is CNc1ccc(-c2cc3c(C)nc(N)nc3n([C@H]3CC[C@@H](O)CC3)c2=O)cn1. The molecule has 0 saturated heterocycles. The molecular formula is C20H24N6O2. The lowest BCUT2D eigenvalue weighted by molar-refractivity contribution is 0.111. The first-order valence-electron chi connectivity index (χ1n) is 9.49. The number of fused-ring (bicyclic) bond motifs is 1. The van der Waals surface area contributed by atoms with Crippen LogP contribution in [0.4, 0.5) is 11.8 Å². The van der Waals surface area contributed by atoms with Crippen LogP contribution < -0.4 is 16.6 Å². The second kappa shape index (κ2) is 7.20. The van der Waals surface area contributed by atoms with Crippen LogP contribution >= 0.6 is 0 Å². The van der Waals surface area contributed by atoms with Crippen molar-refractivity contribution in [2.24, 2.45) is 0 Å². The van der Waals surface area contributed by atoms with Gasteiger partial charge >= 0.3 is 0 Å². The van der Waals surface area contributed by atoms with Crippen LogP contribution in [0.25, 0.3) is 22.2 Å². The van der Waals surface area contributed by atoms with E-state index in [2.05, 4.69) is 20.3 Å². The average molecular weight is 380 g/mol. The summed E-state index contributed by atoms with van der Waals surface area (Å²) in [5.74, 6) is 0.889. The van der Waals surface area contributed by atoms with E-state index in [1.54, 1.807) is 17.8 Å². The number of nitrogens with zero attached hydrogens (tertiary/aromatic N) is 4. The molecule has 0 aliphatic heterocycles. The van der Waals surface area contributed by atoms with Gasteiger partial charge in [-0.15, -0.1) is 0 Å². The molecule has 4 rings (SSSR count). The summed E-state index contributed by atoms with van der Waals surface area (Å²) in [6, 6.07) is 5.52. The van der Waals surface area contributed by atoms with Crippen molar-refractivity contribution >= 4 is 22.8 Å². The van der Waals surface area contributed by atoms with Gasteiger partial charge < -0.3 is 16.2 Å². The van der Waals surface area contributed by atoms with Gasteiger partial charge in [-0.05, 0) is 50.8 Å². The normalized spacial score (nSPS) is 19.7. The molecular weight excluding hydrogens is 356 g/mol. The Bertz CT molecular complexity index is 1070. The summed E-state index contributed by atoms with van der Waals surface area (Å²) in [6.45, 7) is 1.87. The van der Waals surface area contributed by atoms with Gasteiger partial charge in [-0.25, -0.2) is 9.97 Å². The zero-order valence-corrected chi connectivity index (χ0v) is 16.0. The van der Waals surface area contributed by atoms with Gasteiger partial charge in [0.25, 0.3) is 5.56 Å². The van der Waals surface area contributed by atoms with Crippen LogP contribution in [-0.4, -0.2) is 37.8 Å². The second-order valence-corrected chi connectivity index (χ2v) is 7.28. The molecule has 8 heteroatoms. The molecule has 1 aliphatic carbocycles. The largest absolute Gasteiger partial charge is 0.393 e. The fraction of sp³-hybridized carbons (Fsp3) is 0.400. The smallest absolute Gasteiger partial charge is 0.260 e. The standard InChI is InChI=1S/C20H24N6O2/c1-11-15-9-16(12-3-8-17(22-2)23-10-12)19(28)26(18(15)25-20(21)24-11)13-4-6-14(27)7-5-13/h3,8-10,13-14,27H,4-7H2,1-2H3,(H,22,23)(H2,21,24,25)/t13-,14+. The first-order valence-corrected chi connectivity index (χ1v) is 9.49. The Balaban J connectivity index is 1.96. The van der Waals surface area contributed by atoms with Gasteiger partial charge in [0.1, 0.15) is 11.5 Å². The minimum atomic E-state index is -0.305. The maximum absolute atomic E-state index is 13.5. The van der Waals surface area contributed by atoms with Gasteiger partial charge in [-0.1, -0.05) is 0 Å². The Morgan fingerprint density at radius 2 is 1.96 bits per heavy atom. The molecule has 146 valence electrons. The Kier molecular flexibility index (Phi) is 4.72. The molecule has 1 aliphatic rings. The first kappa shape index (κ1) is 18.4. The Labute approximate surface area is 162 Å². The maximum Gasteiger partial charge on any atom is 0.260 e.